The predicted molar refractivity (Wildman–Crippen MR) is 46.4 cm³/mol. The van der Waals surface area contributed by atoms with Gasteiger partial charge in [-0.2, -0.15) is 0 Å². The summed E-state index contributed by atoms with van der Waals surface area (Å²) < 4.78 is 0. The highest BCUT2D eigenvalue weighted by molar-refractivity contribution is 4.56. The summed E-state index contributed by atoms with van der Waals surface area (Å²) in [6.07, 6.45) is 1.27. The maximum Gasteiger partial charge on any atom is 0.294 e. The van der Waals surface area contributed by atoms with Crippen LogP contribution >= 0.6 is 0 Å². The van der Waals surface area contributed by atoms with Crippen molar-refractivity contribution in [1.82, 2.24) is 5.43 Å². The van der Waals surface area contributed by atoms with Crippen LogP contribution in [0.5, 0.6) is 0 Å². The molecule has 0 radical (unpaired) electrons. The Morgan fingerprint density at radius 2 is 2.07 bits per heavy atom. The van der Waals surface area contributed by atoms with Crippen LogP contribution in [0.1, 0.15) is 26.2 Å². The Kier molecular flexibility index (Phi) is 6.08. The number of hydrazine groups is 1. The van der Waals surface area contributed by atoms with Crippen molar-refractivity contribution in [2.24, 2.45) is 0 Å². The van der Waals surface area contributed by atoms with Crippen molar-refractivity contribution in [1.29, 1.82) is 0 Å². The van der Waals surface area contributed by atoms with Gasteiger partial charge in [0.2, 0.25) is 0 Å². The molecule has 0 aromatic carbocycles. The van der Waals surface area contributed by atoms with E-state index in [1.807, 2.05) is 12.3 Å². The van der Waals surface area contributed by atoms with Crippen molar-refractivity contribution >= 4 is 0 Å². The first-order valence-electron chi connectivity index (χ1n) is 4.25. The van der Waals surface area contributed by atoms with Gasteiger partial charge in [0, 0.05) is 0 Å². The van der Waals surface area contributed by atoms with E-state index in [0.717, 1.165) is 12.8 Å². The molecule has 0 aromatic rings. The number of nitro groups is 1. The molecule has 8 heteroatoms. The van der Waals surface area contributed by atoms with Crippen LogP contribution in [-0.4, -0.2) is 22.8 Å². The number of nitrogens with one attached hydrogen (secondary N) is 1. The minimum atomic E-state index is -0.929. The molecule has 1 unspecified atom stereocenters. The van der Waals surface area contributed by atoms with Crippen molar-refractivity contribution in [3.8, 4) is 0 Å². The van der Waals surface area contributed by atoms with E-state index in [2.05, 4.69) is 4.84 Å². The van der Waals surface area contributed by atoms with E-state index in [-0.39, 0.29) is 6.54 Å². The minimum Gasteiger partial charge on any atom is -0.308 e. The van der Waals surface area contributed by atoms with Crippen LogP contribution in [0.2, 0.25) is 0 Å². The van der Waals surface area contributed by atoms with Crippen LogP contribution < -0.4 is 5.43 Å². The zero-order chi connectivity index (χ0) is 11.0. The first-order valence-corrected chi connectivity index (χ1v) is 4.25. The van der Waals surface area contributed by atoms with Crippen LogP contribution in [0.25, 0.3) is 0 Å². The highest BCUT2D eigenvalue weighted by atomic mass is 17.0. The molecule has 0 saturated carbocycles. The SMILES string of the molecule is CCCCC(CN[N+](=O)[O-])O[N+](=O)[O-]. The number of unbranched alkanes of at least 4 members (excludes halogenated alkanes) is 1. The number of nitrogens with zero attached hydrogens (tertiary/aromatic N) is 2. The molecule has 82 valence electrons. The van der Waals surface area contributed by atoms with E-state index in [4.69, 9.17) is 0 Å². The van der Waals surface area contributed by atoms with E-state index in [1.54, 1.807) is 0 Å². The zero-order valence-corrected chi connectivity index (χ0v) is 7.84. The summed E-state index contributed by atoms with van der Waals surface area (Å²) in [5.74, 6) is 0. The molecule has 0 aliphatic heterocycles. The van der Waals surface area contributed by atoms with Gasteiger partial charge in [0.15, 0.2) is 5.03 Å². The van der Waals surface area contributed by atoms with Crippen LogP contribution in [0.15, 0.2) is 0 Å². The monoisotopic (exact) mass is 207 g/mol. The van der Waals surface area contributed by atoms with Crippen molar-refractivity contribution < 1.29 is 15.0 Å². The van der Waals surface area contributed by atoms with Gasteiger partial charge in [0.1, 0.15) is 12.6 Å². The molecule has 1 atom stereocenters. The first-order chi connectivity index (χ1) is 6.56. The molecule has 0 bridgehead atoms. The molecule has 0 aliphatic rings. The average molecular weight is 207 g/mol. The van der Waals surface area contributed by atoms with Gasteiger partial charge in [-0.05, 0) is 6.42 Å². The normalized spacial score (nSPS) is 11.8. The maximum absolute atomic E-state index is 10.0. The summed E-state index contributed by atoms with van der Waals surface area (Å²) in [4.78, 5) is 24.2. The van der Waals surface area contributed by atoms with E-state index < -0.39 is 16.2 Å². The molecular formula is C6H13N3O5. The molecular weight excluding hydrogens is 194 g/mol. The molecule has 14 heavy (non-hydrogen) atoms. The van der Waals surface area contributed by atoms with E-state index in [0.29, 0.717) is 6.42 Å². The lowest BCUT2D eigenvalue weighted by atomic mass is 10.2. The molecule has 0 aromatic heterocycles. The lowest BCUT2D eigenvalue weighted by Crippen LogP contribution is -2.34. The Bertz CT molecular complexity index is 198. The fourth-order valence-electron chi connectivity index (χ4n) is 0.922. The fraction of sp³-hybridized carbons (Fsp3) is 1.00. The highest BCUT2D eigenvalue weighted by Crippen LogP contribution is 2.03. The van der Waals surface area contributed by atoms with Crippen LogP contribution in [0.3, 0.4) is 0 Å². The standard InChI is InChI=1S/C6H13N3O5/c1-2-3-4-6(14-9(12)13)5-7-8(10)11/h6-7H,2-5H2,1H3. The van der Waals surface area contributed by atoms with Crippen molar-refractivity contribution in [3.63, 3.8) is 0 Å². The third-order valence-corrected chi connectivity index (χ3v) is 1.56. The van der Waals surface area contributed by atoms with Crippen molar-refractivity contribution in [3.05, 3.63) is 20.2 Å². The van der Waals surface area contributed by atoms with Gasteiger partial charge >= 0.3 is 0 Å². The van der Waals surface area contributed by atoms with Gasteiger partial charge in [-0.3, -0.25) is 0 Å². The summed E-state index contributed by atoms with van der Waals surface area (Å²) >= 11 is 0. The summed E-state index contributed by atoms with van der Waals surface area (Å²) in [5, 5.41) is 18.3. The van der Waals surface area contributed by atoms with Crippen LogP contribution in [0.4, 0.5) is 0 Å². The third-order valence-electron chi connectivity index (χ3n) is 1.56. The topological polar surface area (TPSA) is 108 Å². The Morgan fingerprint density at radius 3 is 2.50 bits per heavy atom. The van der Waals surface area contributed by atoms with Crippen LogP contribution in [-0.2, 0) is 4.84 Å². The van der Waals surface area contributed by atoms with Crippen molar-refractivity contribution in [2.45, 2.75) is 32.3 Å². The average Bonchev–Trinajstić information content (AvgIpc) is 2.09. The van der Waals surface area contributed by atoms with Gasteiger partial charge in [0.25, 0.3) is 5.09 Å². The number of rotatable bonds is 8. The van der Waals surface area contributed by atoms with Gasteiger partial charge in [-0.25, -0.2) is 10.1 Å². The van der Waals surface area contributed by atoms with Crippen molar-refractivity contribution in [2.75, 3.05) is 6.54 Å². The molecule has 0 rings (SSSR count). The molecule has 0 fully saturated rings. The Hall–Kier alpha value is -1.60. The second-order valence-electron chi connectivity index (χ2n) is 2.71. The number of hydrogen-bond acceptors (Lipinski definition) is 5. The minimum absolute atomic E-state index is 0.159. The van der Waals surface area contributed by atoms with Gasteiger partial charge in [0.05, 0.1) is 0 Å². The predicted octanol–water partition coefficient (Wildman–Crippen LogP) is 0.535. The molecule has 0 aliphatic carbocycles. The fourth-order valence-corrected chi connectivity index (χ4v) is 0.922. The maximum atomic E-state index is 10.0. The molecule has 0 spiro atoms. The van der Waals surface area contributed by atoms with Crippen LogP contribution in [0, 0.1) is 20.2 Å². The Labute approximate surface area is 80.5 Å². The lowest BCUT2D eigenvalue weighted by molar-refractivity contribution is -0.769. The summed E-state index contributed by atoms with van der Waals surface area (Å²) in [7, 11) is 0. The molecule has 1 N–H and O–H groups in total. The summed E-state index contributed by atoms with van der Waals surface area (Å²) in [5.41, 5.74) is 1.85. The second kappa shape index (κ2) is 6.87. The quantitative estimate of drug-likeness (QED) is 0.459. The highest BCUT2D eigenvalue weighted by Gasteiger charge is 2.14. The largest absolute Gasteiger partial charge is 0.308 e. The molecule has 8 nitrogen and oxygen atoms in total. The van der Waals surface area contributed by atoms with Gasteiger partial charge < -0.3 is 4.84 Å². The summed E-state index contributed by atoms with van der Waals surface area (Å²) in [6.45, 7) is 1.76. The third kappa shape index (κ3) is 7.07. The number of hydrogen-bond donors (Lipinski definition) is 1. The lowest BCUT2D eigenvalue weighted by Gasteiger charge is -2.11. The second-order valence-corrected chi connectivity index (χ2v) is 2.71. The Morgan fingerprint density at radius 1 is 1.43 bits per heavy atom. The molecule has 0 saturated heterocycles. The summed E-state index contributed by atoms with van der Waals surface area (Å²) in [6, 6.07) is 0. The van der Waals surface area contributed by atoms with Gasteiger partial charge in [-0.1, -0.05) is 19.8 Å². The van der Waals surface area contributed by atoms with Gasteiger partial charge in [-0.15, -0.1) is 15.5 Å². The van der Waals surface area contributed by atoms with E-state index >= 15 is 0 Å². The first kappa shape index (κ1) is 12.4. The zero-order valence-electron chi connectivity index (χ0n) is 7.84. The van der Waals surface area contributed by atoms with E-state index in [1.165, 1.54) is 0 Å². The smallest absolute Gasteiger partial charge is 0.294 e. The molecule has 0 heterocycles. The Balaban J connectivity index is 3.83. The molecule has 0 amide bonds. The van der Waals surface area contributed by atoms with E-state index in [9.17, 15) is 20.2 Å².